The summed E-state index contributed by atoms with van der Waals surface area (Å²) in [6.07, 6.45) is 3.88. The first-order chi connectivity index (χ1) is 14.1. The van der Waals surface area contributed by atoms with E-state index in [0.717, 1.165) is 29.1 Å². The van der Waals surface area contributed by atoms with Crippen molar-refractivity contribution in [2.75, 3.05) is 19.6 Å². The molecule has 5 rings (SSSR count). The van der Waals surface area contributed by atoms with Crippen molar-refractivity contribution in [3.8, 4) is 0 Å². The third-order valence-corrected chi connectivity index (χ3v) is 8.82. The summed E-state index contributed by atoms with van der Waals surface area (Å²) in [4.78, 5) is 13.3. The van der Waals surface area contributed by atoms with Gasteiger partial charge in [-0.25, -0.2) is 8.42 Å². The van der Waals surface area contributed by atoms with E-state index >= 15 is 0 Å². The highest BCUT2D eigenvalue weighted by atomic mass is 32.2. The Kier molecular flexibility index (Phi) is 4.14. The summed E-state index contributed by atoms with van der Waals surface area (Å²) in [5, 5.41) is 16.1. The molecule has 9 nitrogen and oxygen atoms in total. The Bertz CT molecular complexity index is 1130. The number of aryl methyl sites for hydroxylation is 1. The van der Waals surface area contributed by atoms with E-state index in [-0.39, 0.29) is 16.2 Å². The summed E-state index contributed by atoms with van der Waals surface area (Å²) in [6.45, 7) is 5.36. The Morgan fingerprint density at radius 3 is 2.57 bits per heavy atom. The first-order valence-electron chi connectivity index (χ1n) is 10.3. The van der Waals surface area contributed by atoms with Gasteiger partial charge < -0.3 is 5.32 Å². The van der Waals surface area contributed by atoms with E-state index in [4.69, 9.17) is 0 Å². The van der Waals surface area contributed by atoms with E-state index in [9.17, 15) is 13.2 Å². The van der Waals surface area contributed by atoms with Crippen LogP contribution in [0.3, 0.4) is 0 Å². The van der Waals surface area contributed by atoms with Crippen LogP contribution in [0, 0.1) is 10.8 Å². The number of allylic oxidation sites excluding steroid dienone is 2. The van der Waals surface area contributed by atoms with Gasteiger partial charge in [0.05, 0.1) is 12.7 Å². The molecule has 1 saturated heterocycles. The van der Waals surface area contributed by atoms with Crippen molar-refractivity contribution in [3.05, 3.63) is 34.9 Å². The van der Waals surface area contributed by atoms with Crippen molar-refractivity contribution in [3.63, 3.8) is 0 Å². The fourth-order valence-electron chi connectivity index (χ4n) is 5.47. The molecule has 1 aromatic rings. The Hall–Kier alpha value is -2.33. The smallest absolute Gasteiger partial charge is 0.260 e. The minimum Gasteiger partial charge on any atom is -0.342 e. The average molecular weight is 431 g/mol. The van der Waals surface area contributed by atoms with Gasteiger partial charge in [-0.1, -0.05) is 13.8 Å². The highest BCUT2D eigenvalue weighted by molar-refractivity contribution is 7.89. The minimum atomic E-state index is -3.63. The van der Waals surface area contributed by atoms with Crippen LogP contribution in [0.25, 0.3) is 0 Å². The third-order valence-electron chi connectivity index (χ3n) is 6.84. The van der Waals surface area contributed by atoms with Crippen molar-refractivity contribution in [1.82, 2.24) is 19.4 Å². The molecular weight excluding hydrogens is 404 g/mol. The first kappa shape index (κ1) is 19.6. The van der Waals surface area contributed by atoms with E-state index in [1.807, 2.05) is 0 Å². The number of rotatable bonds is 2. The maximum absolute atomic E-state index is 13.3. The number of carbonyl (C=O) groups is 1. The van der Waals surface area contributed by atoms with Crippen LogP contribution in [-0.4, -0.2) is 47.9 Å². The van der Waals surface area contributed by atoms with Crippen molar-refractivity contribution in [1.29, 1.82) is 0 Å². The number of fused-ring (bicyclic) bond motifs is 2. The fraction of sp³-hybridized carbons (Fsp3) is 0.600. The van der Waals surface area contributed by atoms with Crippen LogP contribution in [-0.2, 0) is 21.9 Å². The summed E-state index contributed by atoms with van der Waals surface area (Å²) in [5.74, 6) is 0.914. The van der Waals surface area contributed by atoms with Crippen molar-refractivity contribution >= 4 is 15.8 Å². The number of piperidine rings is 1. The molecule has 4 aliphatic rings. The summed E-state index contributed by atoms with van der Waals surface area (Å²) in [6, 6.07) is 1.52. The van der Waals surface area contributed by atoms with Gasteiger partial charge in [-0.2, -0.15) is 14.5 Å². The van der Waals surface area contributed by atoms with Gasteiger partial charge in [-0.05, 0) is 30.7 Å². The topological polar surface area (TPSA) is 109 Å². The molecule has 1 spiro atoms. The highest BCUT2D eigenvalue weighted by Gasteiger charge is 2.53. The number of Topliss-reactive ketones (excluding diaryl/α,β-unsaturated/α-hetero) is 1. The third kappa shape index (κ3) is 2.73. The zero-order valence-corrected chi connectivity index (χ0v) is 18.3. The lowest BCUT2D eigenvalue weighted by Crippen LogP contribution is -2.50. The van der Waals surface area contributed by atoms with Crippen molar-refractivity contribution < 1.29 is 13.2 Å². The molecule has 30 heavy (non-hydrogen) atoms. The Labute approximate surface area is 176 Å². The summed E-state index contributed by atoms with van der Waals surface area (Å²) >= 11 is 0. The molecule has 1 N–H and O–H groups in total. The van der Waals surface area contributed by atoms with E-state index in [2.05, 4.69) is 34.5 Å². The quantitative estimate of drug-likeness (QED) is 0.773. The first-order valence-corrected chi connectivity index (χ1v) is 11.7. The highest BCUT2D eigenvalue weighted by Crippen LogP contribution is 2.55. The summed E-state index contributed by atoms with van der Waals surface area (Å²) in [7, 11) is -2.01. The molecule has 160 valence electrons. The molecule has 0 saturated carbocycles. The monoisotopic (exact) mass is 430 g/mol. The van der Waals surface area contributed by atoms with Gasteiger partial charge in [0.25, 0.3) is 10.0 Å². The molecular formula is C20H26N6O3S. The summed E-state index contributed by atoms with van der Waals surface area (Å²) < 4.78 is 29.1. The largest absolute Gasteiger partial charge is 0.342 e. The van der Waals surface area contributed by atoms with E-state index in [1.54, 1.807) is 7.05 Å². The normalized spacial score (nSPS) is 25.5. The molecule has 0 unspecified atom stereocenters. The lowest BCUT2D eigenvalue weighted by atomic mass is 9.60. The molecule has 0 amide bonds. The average Bonchev–Trinajstić information content (AvgIpc) is 3.30. The molecule has 1 aliphatic carbocycles. The van der Waals surface area contributed by atoms with Gasteiger partial charge in [-0.3, -0.25) is 9.48 Å². The van der Waals surface area contributed by atoms with Crippen LogP contribution in [0.1, 0.15) is 39.5 Å². The standard InChI is InChI=1S/C20H26N6O3S/c1-19(2)10-14-17(15(27)11-19)20(13-12-21-24-18(13)23-14)5-8-26(9-6-20)30(28,29)16-4-7-22-25(16)3/h4,7,23H,5-6,8-12H2,1-3H3. The molecule has 3 aliphatic heterocycles. The Morgan fingerprint density at radius 2 is 1.90 bits per heavy atom. The minimum absolute atomic E-state index is 0.110. The number of sulfonamides is 1. The van der Waals surface area contributed by atoms with Gasteiger partial charge in [0.2, 0.25) is 0 Å². The number of hydrogen-bond donors (Lipinski definition) is 1. The van der Waals surface area contributed by atoms with Crippen LogP contribution in [0.4, 0.5) is 0 Å². The number of dihydropyridines is 1. The molecule has 4 heterocycles. The molecule has 1 aromatic heterocycles. The second-order valence-electron chi connectivity index (χ2n) is 9.43. The number of aromatic nitrogens is 2. The molecule has 0 radical (unpaired) electrons. The van der Waals surface area contributed by atoms with Gasteiger partial charge in [-0.15, -0.1) is 5.11 Å². The molecule has 0 atom stereocenters. The molecule has 1 fully saturated rings. The van der Waals surface area contributed by atoms with E-state index in [1.165, 1.54) is 21.3 Å². The van der Waals surface area contributed by atoms with Crippen LogP contribution in [0.5, 0.6) is 0 Å². The number of hydrogen-bond acceptors (Lipinski definition) is 7. The SMILES string of the molecule is Cn1nccc1S(=O)(=O)N1CCC2(CC1)C1=C(N=NC1)NC1=C2C(=O)CC(C)(C)C1. The van der Waals surface area contributed by atoms with Crippen molar-refractivity contribution in [2.45, 2.75) is 44.6 Å². The maximum Gasteiger partial charge on any atom is 0.260 e. The van der Waals surface area contributed by atoms with Gasteiger partial charge in [0.15, 0.2) is 16.6 Å². The van der Waals surface area contributed by atoms with E-state index < -0.39 is 15.4 Å². The van der Waals surface area contributed by atoms with Gasteiger partial charge in [0, 0.05) is 48.8 Å². The number of azo groups is 1. The van der Waals surface area contributed by atoms with Crippen molar-refractivity contribution in [2.24, 2.45) is 28.1 Å². The molecule has 0 aromatic carbocycles. The van der Waals surface area contributed by atoms with Crippen LogP contribution in [0.15, 0.2) is 50.2 Å². The zero-order chi connectivity index (χ0) is 21.3. The van der Waals surface area contributed by atoms with Crippen LogP contribution < -0.4 is 5.32 Å². The van der Waals surface area contributed by atoms with Gasteiger partial charge >= 0.3 is 0 Å². The Balaban J connectivity index is 1.51. The molecule has 10 heteroatoms. The number of ketones is 1. The van der Waals surface area contributed by atoms with Crippen LogP contribution >= 0.6 is 0 Å². The number of nitrogens with zero attached hydrogens (tertiary/aromatic N) is 5. The fourth-order valence-corrected chi connectivity index (χ4v) is 7.02. The van der Waals surface area contributed by atoms with Gasteiger partial charge in [0.1, 0.15) is 0 Å². The second kappa shape index (κ2) is 6.34. The number of nitrogens with one attached hydrogen (secondary N) is 1. The lowest BCUT2D eigenvalue weighted by Gasteiger charge is -2.48. The lowest BCUT2D eigenvalue weighted by molar-refractivity contribution is -0.119. The van der Waals surface area contributed by atoms with Crippen LogP contribution in [0.2, 0.25) is 0 Å². The number of carbonyl (C=O) groups excluding carboxylic acids is 1. The predicted molar refractivity (Wildman–Crippen MR) is 109 cm³/mol. The predicted octanol–water partition coefficient (Wildman–Crippen LogP) is 2.11. The second-order valence-corrected chi connectivity index (χ2v) is 11.3. The maximum atomic E-state index is 13.3. The Morgan fingerprint density at radius 1 is 1.17 bits per heavy atom. The zero-order valence-electron chi connectivity index (χ0n) is 17.5. The van der Waals surface area contributed by atoms with E-state index in [0.29, 0.717) is 38.9 Å². The summed E-state index contributed by atoms with van der Waals surface area (Å²) in [5.41, 5.74) is 2.23. The molecule has 0 bridgehead atoms.